The van der Waals surface area contributed by atoms with Gasteiger partial charge in [-0.2, -0.15) is 0 Å². The summed E-state index contributed by atoms with van der Waals surface area (Å²) in [5.74, 6) is 0.652. The molecule has 1 aromatic carbocycles. The average Bonchev–Trinajstić information content (AvgIpc) is 3.05. The first-order valence-corrected chi connectivity index (χ1v) is 10.9. The van der Waals surface area contributed by atoms with Crippen LogP contribution in [0.4, 0.5) is 5.82 Å². The maximum atomic E-state index is 12.2. The summed E-state index contributed by atoms with van der Waals surface area (Å²) in [6.07, 6.45) is 2.34. The van der Waals surface area contributed by atoms with E-state index in [-0.39, 0.29) is 29.1 Å². The zero-order chi connectivity index (χ0) is 19.3. The number of amides is 1. The Balaban J connectivity index is 1.48. The Morgan fingerprint density at radius 3 is 2.59 bits per heavy atom. The molecule has 0 spiro atoms. The van der Waals surface area contributed by atoms with Crippen LogP contribution in [0.5, 0.6) is 0 Å². The second kappa shape index (κ2) is 8.47. The van der Waals surface area contributed by atoms with E-state index in [1.807, 2.05) is 23.1 Å². The Bertz CT molecular complexity index is 870. The van der Waals surface area contributed by atoms with Crippen molar-refractivity contribution in [3.8, 4) is 0 Å². The third-order valence-electron chi connectivity index (χ3n) is 4.77. The fourth-order valence-corrected chi connectivity index (χ4v) is 4.91. The summed E-state index contributed by atoms with van der Waals surface area (Å²) in [5.41, 5.74) is 1.50. The van der Waals surface area contributed by atoms with E-state index in [1.54, 1.807) is 19.2 Å². The molecular formula is C19H24N4O3S. The number of benzene rings is 1. The minimum Gasteiger partial charge on any atom is -0.354 e. The molecule has 1 aromatic heterocycles. The Kier molecular flexibility index (Phi) is 6.05. The number of carbonyl (C=O) groups is 1. The topological polar surface area (TPSA) is 92.3 Å². The molecule has 1 amide bonds. The van der Waals surface area contributed by atoms with E-state index in [2.05, 4.69) is 27.6 Å². The van der Waals surface area contributed by atoms with E-state index >= 15 is 0 Å². The SMILES string of the molecule is CN(c1ccc(C(=O)NCCCc2ccccc2)nn1)C1CCS(=O)(=O)C1. The molecule has 1 fully saturated rings. The highest BCUT2D eigenvalue weighted by molar-refractivity contribution is 7.91. The lowest BCUT2D eigenvalue weighted by molar-refractivity contribution is 0.0947. The maximum Gasteiger partial charge on any atom is 0.271 e. The number of aryl methyl sites for hydroxylation is 1. The van der Waals surface area contributed by atoms with Crippen molar-refractivity contribution >= 4 is 21.6 Å². The third-order valence-corrected chi connectivity index (χ3v) is 6.52. The predicted octanol–water partition coefficient (Wildman–Crippen LogP) is 1.46. The number of nitrogens with zero attached hydrogens (tertiary/aromatic N) is 3. The van der Waals surface area contributed by atoms with Gasteiger partial charge in [0.05, 0.1) is 11.5 Å². The van der Waals surface area contributed by atoms with Crippen LogP contribution in [0.3, 0.4) is 0 Å². The van der Waals surface area contributed by atoms with Gasteiger partial charge in [0.15, 0.2) is 21.3 Å². The number of nitrogens with one attached hydrogen (secondary N) is 1. The van der Waals surface area contributed by atoms with E-state index in [4.69, 9.17) is 0 Å². The van der Waals surface area contributed by atoms with E-state index in [1.165, 1.54) is 5.56 Å². The zero-order valence-corrected chi connectivity index (χ0v) is 16.2. The van der Waals surface area contributed by atoms with Gasteiger partial charge in [-0.3, -0.25) is 4.79 Å². The minimum atomic E-state index is -2.96. The van der Waals surface area contributed by atoms with Crippen molar-refractivity contribution < 1.29 is 13.2 Å². The smallest absolute Gasteiger partial charge is 0.271 e. The predicted molar refractivity (Wildman–Crippen MR) is 105 cm³/mol. The van der Waals surface area contributed by atoms with E-state index in [9.17, 15) is 13.2 Å². The first kappa shape index (κ1) is 19.3. The first-order valence-electron chi connectivity index (χ1n) is 9.04. The van der Waals surface area contributed by atoms with Gasteiger partial charge in [-0.05, 0) is 37.0 Å². The van der Waals surface area contributed by atoms with Gasteiger partial charge in [0.25, 0.3) is 5.91 Å². The van der Waals surface area contributed by atoms with Gasteiger partial charge in [-0.15, -0.1) is 10.2 Å². The van der Waals surface area contributed by atoms with Gasteiger partial charge in [-0.25, -0.2) is 8.42 Å². The van der Waals surface area contributed by atoms with Crippen molar-refractivity contribution in [3.05, 3.63) is 53.7 Å². The summed E-state index contributed by atoms with van der Waals surface area (Å²) in [6.45, 7) is 0.566. The molecule has 7 nitrogen and oxygen atoms in total. The van der Waals surface area contributed by atoms with Gasteiger partial charge in [0.2, 0.25) is 0 Å². The van der Waals surface area contributed by atoms with Crippen LogP contribution in [0, 0.1) is 0 Å². The average molecular weight is 388 g/mol. The van der Waals surface area contributed by atoms with Crippen molar-refractivity contribution in [2.24, 2.45) is 0 Å². The second-order valence-electron chi connectivity index (χ2n) is 6.79. The highest BCUT2D eigenvalue weighted by atomic mass is 32.2. The molecule has 1 saturated heterocycles. The van der Waals surface area contributed by atoms with E-state index < -0.39 is 9.84 Å². The summed E-state index contributed by atoms with van der Waals surface area (Å²) in [5, 5.41) is 10.9. The molecule has 1 aliphatic heterocycles. The molecule has 1 unspecified atom stereocenters. The molecule has 27 heavy (non-hydrogen) atoms. The normalized spacial score (nSPS) is 18.2. The lowest BCUT2D eigenvalue weighted by atomic mass is 10.1. The van der Waals surface area contributed by atoms with Crippen LogP contribution < -0.4 is 10.2 Å². The van der Waals surface area contributed by atoms with E-state index in [0.717, 1.165) is 12.8 Å². The molecular weight excluding hydrogens is 364 g/mol. The van der Waals surface area contributed by atoms with Crippen molar-refractivity contribution in [2.45, 2.75) is 25.3 Å². The van der Waals surface area contributed by atoms with Crippen LogP contribution in [0.1, 0.15) is 28.9 Å². The number of aromatic nitrogens is 2. The molecule has 0 radical (unpaired) electrons. The van der Waals surface area contributed by atoms with Gasteiger partial charge in [0.1, 0.15) is 0 Å². The second-order valence-corrected chi connectivity index (χ2v) is 9.02. The fourth-order valence-electron chi connectivity index (χ4n) is 3.13. The van der Waals surface area contributed by atoms with E-state index in [0.29, 0.717) is 18.8 Å². The molecule has 0 bridgehead atoms. The quantitative estimate of drug-likeness (QED) is 0.722. The number of carbonyl (C=O) groups excluding carboxylic acids is 1. The molecule has 3 rings (SSSR count). The highest BCUT2D eigenvalue weighted by Gasteiger charge is 2.31. The van der Waals surface area contributed by atoms with Crippen LogP contribution in [-0.4, -0.2) is 55.7 Å². The minimum absolute atomic E-state index is 0.0954. The monoisotopic (exact) mass is 388 g/mol. The summed E-state index contributed by atoms with van der Waals surface area (Å²) in [6, 6.07) is 13.4. The summed E-state index contributed by atoms with van der Waals surface area (Å²) in [7, 11) is -1.15. The Morgan fingerprint density at radius 2 is 1.96 bits per heavy atom. The number of sulfone groups is 1. The van der Waals surface area contributed by atoms with Gasteiger partial charge in [-0.1, -0.05) is 30.3 Å². The molecule has 0 aliphatic carbocycles. The maximum absolute atomic E-state index is 12.2. The molecule has 2 aromatic rings. The highest BCUT2D eigenvalue weighted by Crippen LogP contribution is 2.20. The summed E-state index contributed by atoms with van der Waals surface area (Å²) < 4.78 is 23.2. The van der Waals surface area contributed by atoms with Crippen molar-refractivity contribution in [1.29, 1.82) is 0 Å². The van der Waals surface area contributed by atoms with Crippen LogP contribution in [-0.2, 0) is 16.3 Å². The number of hydrogen-bond acceptors (Lipinski definition) is 6. The van der Waals surface area contributed by atoms with Gasteiger partial charge < -0.3 is 10.2 Å². The standard InChI is InChI=1S/C19H24N4O3S/c1-23(16-11-13-27(25,26)14-16)18-10-9-17(21-22-18)19(24)20-12-5-8-15-6-3-2-4-7-15/h2-4,6-7,9-10,16H,5,8,11-14H2,1H3,(H,20,24). The summed E-state index contributed by atoms with van der Waals surface area (Å²) in [4.78, 5) is 14.0. The third kappa shape index (κ3) is 5.26. The molecule has 2 heterocycles. The van der Waals surface area contributed by atoms with Crippen LogP contribution in [0.15, 0.2) is 42.5 Å². The van der Waals surface area contributed by atoms with Crippen LogP contribution in [0.2, 0.25) is 0 Å². The van der Waals surface area contributed by atoms with Crippen LogP contribution >= 0.6 is 0 Å². The molecule has 1 aliphatic rings. The number of hydrogen-bond donors (Lipinski definition) is 1. The lowest BCUT2D eigenvalue weighted by Crippen LogP contribution is -2.33. The fraction of sp³-hybridized carbons (Fsp3) is 0.421. The lowest BCUT2D eigenvalue weighted by Gasteiger charge is -2.23. The van der Waals surface area contributed by atoms with Crippen molar-refractivity contribution in [3.63, 3.8) is 0 Å². The molecule has 0 saturated carbocycles. The van der Waals surface area contributed by atoms with Gasteiger partial charge >= 0.3 is 0 Å². The zero-order valence-electron chi connectivity index (χ0n) is 15.3. The van der Waals surface area contributed by atoms with Crippen molar-refractivity contribution in [1.82, 2.24) is 15.5 Å². The molecule has 1 N–H and O–H groups in total. The Labute approximate surface area is 159 Å². The van der Waals surface area contributed by atoms with Gasteiger partial charge in [0, 0.05) is 19.6 Å². The van der Waals surface area contributed by atoms with Crippen molar-refractivity contribution in [2.75, 3.05) is 30.0 Å². The van der Waals surface area contributed by atoms with Crippen LogP contribution in [0.25, 0.3) is 0 Å². The number of anilines is 1. The molecule has 1 atom stereocenters. The largest absolute Gasteiger partial charge is 0.354 e. The number of rotatable bonds is 7. The Hall–Kier alpha value is -2.48. The summed E-state index contributed by atoms with van der Waals surface area (Å²) >= 11 is 0. The Morgan fingerprint density at radius 1 is 1.19 bits per heavy atom. The molecule has 144 valence electrons. The molecule has 8 heteroatoms. The first-order chi connectivity index (χ1) is 12.9.